The van der Waals surface area contributed by atoms with Crippen molar-refractivity contribution in [1.82, 2.24) is 29.9 Å². The van der Waals surface area contributed by atoms with Crippen LogP contribution in [0.25, 0.3) is 0 Å². The number of aromatic nitrogens is 6. The van der Waals surface area contributed by atoms with Crippen LogP contribution >= 0.6 is 85.5 Å². The van der Waals surface area contributed by atoms with Crippen LogP contribution in [0, 0.1) is 0 Å². The van der Waals surface area contributed by atoms with E-state index in [1.54, 1.807) is 26.0 Å². The molecule has 6 aromatic rings. The standard InChI is InChI=1S/C14H10Cl2F3N3O2.C14H10Cl2F3N3O.C9H5BrClF3O.C5H6ClN3O.C4H6O4.C2H3BO2.CH2O3.CH4.2Cs.Na.H/c1-20-12-11(5-21-13(16)22-12)24-6-10(23)8-4-7(14(17,18)19)2-3-9(8)15;1-22-10(6-23-11-5-20-13(16)21-12(11)22)8-4-7(14(17,18)19)2-3-9(8)15;10-4-8(15)6-3-5(9(12,13)14)1-2-7(6)11;1-7-4-3(10)2-8-5(6)9-4;1-3(5)7-8-4(2)6;1-2(4)5-3;2-1-4-3;;;;;/h2-5H,6H2,1H3,(H,20,21,22);2-5,10H,6H2,1H3;1-3H,4H2;2,10H,1H3,(H,7,8,9);1-2H3;1H3;1,3H;1H4;;;;/q;;;;;-1;;;3*+1;-1/p-1. The van der Waals surface area contributed by atoms with Gasteiger partial charge in [-0.3, -0.25) is 19.2 Å². The Morgan fingerprint density at radius 2 is 1.11 bits per heavy atom. The number of likely N-dealkylation sites (N-methyl/N-ethyl adjacent to an activating group) is 1. The second kappa shape index (κ2) is 48.4. The molecular formula is C50H46BBrCl6Cs2F9N9NaO14. The molecule has 0 saturated carbocycles. The maximum atomic E-state index is 12.9. The third-order valence-corrected chi connectivity index (χ3v) is 11.7. The first-order valence-corrected chi connectivity index (χ1v) is 26.6. The van der Waals surface area contributed by atoms with Gasteiger partial charge in [-0.25, -0.2) is 34.3 Å². The van der Waals surface area contributed by atoms with Crippen molar-refractivity contribution in [1.29, 1.82) is 0 Å². The summed E-state index contributed by atoms with van der Waals surface area (Å²) >= 11 is 37.2. The van der Waals surface area contributed by atoms with Crippen LogP contribution in [0.15, 0.2) is 73.2 Å². The molecule has 0 bridgehead atoms. The molecule has 0 saturated heterocycles. The van der Waals surface area contributed by atoms with Gasteiger partial charge in [0.25, 0.3) is 6.47 Å². The number of halogens is 16. The van der Waals surface area contributed by atoms with Crippen LogP contribution in [0.5, 0.6) is 17.2 Å². The number of Topliss-reactive ketones (excluding diaryl/α,β-unsaturated/α-hetero) is 2. The van der Waals surface area contributed by atoms with Gasteiger partial charge in [0.2, 0.25) is 27.6 Å². The normalized spacial score (nSPS) is 11.4. The van der Waals surface area contributed by atoms with Gasteiger partial charge in [-0.15, -0.1) is 0 Å². The smallest absolute Gasteiger partial charge is 1.00 e. The van der Waals surface area contributed by atoms with E-state index < -0.39 is 77.3 Å². The van der Waals surface area contributed by atoms with Gasteiger partial charge in [0, 0.05) is 58.1 Å². The van der Waals surface area contributed by atoms with E-state index in [0.29, 0.717) is 29.0 Å². The van der Waals surface area contributed by atoms with Crippen molar-refractivity contribution >= 4 is 147 Å². The summed E-state index contributed by atoms with van der Waals surface area (Å²) in [7, 11) is 9.20. The Morgan fingerprint density at radius 3 is 1.51 bits per heavy atom. The number of carbonyl (C=O) groups excluding carboxylic acids is 6. The average molecular weight is 1760 g/mol. The van der Waals surface area contributed by atoms with Crippen LogP contribution in [0.2, 0.25) is 30.9 Å². The van der Waals surface area contributed by atoms with Crippen LogP contribution in [0.3, 0.4) is 0 Å². The van der Waals surface area contributed by atoms with Crippen molar-refractivity contribution in [3.8, 4) is 17.2 Å². The molecular weight excluding hydrogens is 1710 g/mol. The number of hydrogen-bond donors (Lipinski definition) is 3. The minimum absolute atomic E-state index is 0. The summed E-state index contributed by atoms with van der Waals surface area (Å²) in [5.41, 5.74) is -2.71. The van der Waals surface area contributed by atoms with Crippen molar-refractivity contribution < 1.29 is 276 Å². The number of alkyl halides is 10. The molecule has 493 valence electrons. The SMILES string of the molecule is C.CC(=O)OOC(C)=O.CN1c2nc(Cl)ncc2OCC1c1cc(C(F)(F)F)ccc1Cl.CNc1nc(Cl)ncc1O.CNc1nc(Cl)ncc1OCC(=O)c1cc(C(F)(F)F)ccc1Cl.O=C(CBr)c1cc(C(F)(F)F)ccc1Cl.O=CO[O-].[B-]OC(C)=O.[Cs+].[Cs+].[H-].[Na+]. The summed E-state index contributed by atoms with van der Waals surface area (Å²) in [5, 5.41) is 23.0. The van der Waals surface area contributed by atoms with Gasteiger partial charge in [-0.05, 0) is 95.0 Å². The molecule has 1 aliphatic heterocycles. The first-order chi connectivity index (χ1) is 41.4. The third kappa shape index (κ3) is 36.3. The zero-order valence-corrected chi connectivity index (χ0v) is 69.4. The van der Waals surface area contributed by atoms with Crippen LogP contribution in [-0.4, -0.2) is 119 Å². The Morgan fingerprint density at radius 1 is 0.710 bits per heavy atom. The molecule has 4 heterocycles. The predicted octanol–water partition coefficient (Wildman–Crippen LogP) is 3.15. The van der Waals surface area contributed by atoms with E-state index >= 15 is 0 Å². The molecule has 3 radical (unpaired) electrons. The Balaban J connectivity index is -0.000000349. The van der Waals surface area contributed by atoms with Crippen molar-refractivity contribution in [2.75, 3.05) is 55.2 Å². The monoisotopic (exact) mass is 1760 g/mol. The van der Waals surface area contributed by atoms with Gasteiger partial charge >= 0.3 is 198 Å². The van der Waals surface area contributed by atoms with Crippen LogP contribution < -0.4 is 198 Å². The van der Waals surface area contributed by atoms with Crippen molar-refractivity contribution in [3.05, 3.63) is 137 Å². The van der Waals surface area contributed by atoms with Gasteiger partial charge in [0.15, 0.2) is 47.1 Å². The van der Waals surface area contributed by atoms with E-state index in [1.807, 2.05) is 0 Å². The fourth-order valence-electron chi connectivity index (χ4n) is 5.81. The number of nitrogens with zero attached hydrogens (tertiary/aromatic N) is 7. The molecule has 0 spiro atoms. The number of benzene rings is 3. The van der Waals surface area contributed by atoms with Crippen molar-refractivity contribution in [2.24, 2.45) is 0 Å². The summed E-state index contributed by atoms with van der Waals surface area (Å²) in [6, 6.07) is 7.85. The molecule has 43 heteroatoms. The molecule has 0 fully saturated rings. The van der Waals surface area contributed by atoms with Gasteiger partial charge in [-0.1, -0.05) is 58.2 Å². The number of ether oxygens (including phenoxy) is 2. The van der Waals surface area contributed by atoms with E-state index in [-0.39, 0.29) is 254 Å². The van der Waals surface area contributed by atoms with Gasteiger partial charge in [0.1, 0.15) is 6.61 Å². The summed E-state index contributed by atoms with van der Waals surface area (Å²) in [5.74, 6) is -1.45. The second-order valence-corrected chi connectivity index (χ2v) is 18.6. The summed E-state index contributed by atoms with van der Waals surface area (Å²) in [6.07, 6.45) is -9.60. The summed E-state index contributed by atoms with van der Waals surface area (Å²) < 4.78 is 128. The Labute approximate surface area is 704 Å². The van der Waals surface area contributed by atoms with E-state index in [2.05, 4.69) is 83.8 Å². The molecule has 0 amide bonds. The molecule has 93 heavy (non-hydrogen) atoms. The molecule has 3 aromatic carbocycles. The Kier molecular flexibility index (Phi) is 50.5. The van der Waals surface area contributed by atoms with E-state index in [1.165, 1.54) is 31.6 Å². The zero-order valence-electron chi connectivity index (χ0n) is 49.7. The van der Waals surface area contributed by atoms with Crippen molar-refractivity contribution in [3.63, 3.8) is 0 Å². The topological polar surface area (TPSA) is 306 Å². The van der Waals surface area contributed by atoms with Gasteiger partial charge in [-0.2, -0.15) is 54.5 Å². The second-order valence-electron chi connectivity index (χ2n) is 15.8. The van der Waals surface area contributed by atoms with E-state index in [0.717, 1.165) is 56.3 Å². The summed E-state index contributed by atoms with van der Waals surface area (Å²) in [4.78, 5) is 95.7. The molecule has 1 aliphatic rings. The molecule has 1 unspecified atom stereocenters. The number of anilines is 3. The minimum Gasteiger partial charge on any atom is -1.00 e. The van der Waals surface area contributed by atoms with Crippen LogP contribution in [0.1, 0.15) is 78.6 Å². The maximum Gasteiger partial charge on any atom is 1.00 e. The van der Waals surface area contributed by atoms with Crippen LogP contribution in [-0.2, 0) is 57.0 Å². The molecule has 3 N–H and O–H groups in total. The van der Waals surface area contributed by atoms with E-state index in [9.17, 15) is 63.5 Å². The Hall–Kier alpha value is -2.36. The zero-order chi connectivity index (χ0) is 68.1. The van der Waals surface area contributed by atoms with Crippen molar-refractivity contribution in [2.45, 2.75) is 52.8 Å². The summed E-state index contributed by atoms with van der Waals surface area (Å²) in [6.45, 7) is 2.92. The largest absolute Gasteiger partial charge is 1.00 e. The first-order valence-electron chi connectivity index (χ1n) is 23.2. The third-order valence-electron chi connectivity index (χ3n) is 9.68. The number of nitrogens with one attached hydrogen (secondary N) is 2. The fourth-order valence-corrected chi connectivity index (χ4v) is 7.20. The molecule has 3 aromatic heterocycles. The maximum absolute atomic E-state index is 12.9. The number of carbonyl (C=O) groups is 6. The van der Waals surface area contributed by atoms with Gasteiger partial charge < -0.3 is 54.4 Å². The Bertz CT molecular complexity index is 3390. The molecule has 0 aliphatic carbocycles. The van der Waals surface area contributed by atoms with Crippen LogP contribution in [0.4, 0.5) is 57.0 Å². The number of hydrogen-bond acceptors (Lipinski definition) is 23. The molecule has 1 atom stereocenters. The predicted molar refractivity (Wildman–Crippen MR) is 312 cm³/mol. The number of rotatable bonds is 10. The number of fused-ring (bicyclic) bond motifs is 1. The quantitative estimate of drug-likeness (QED) is 0.0259. The minimum atomic E-state index is -4.58. The van der Waals surface area contributed by atoms with E-state index in [4.69, 9.17) is 94.2 Å². The number of aromatic hydroxyl groups is 1. The fraction of sp³-hybridized carbons (Fsp3) is 0.280. The molecule has 23 nitrogen and oxygen atoms in total. The average Bonchev–Trinajstić information content (AvgIpc) is 0.786. The molecule has 7 rings (SSSR count). The first kappa shape index (κ1) is 97.0. The van der Waals surface area contributed by atoms with Gasteiger partial charge in [0.05, 0.1) is 56.7 Å². The number of ketones is 2.